The summed E-state index contributed by atoms with van der Waals surface area (Å²) in [6, 6.07) is 8.97. The number of benzene rings is 1. The molecule has 0 bridgehead atoms. The molecule has 0 aliphatic heterocycles. The first-order valence-corrected chi connectivity index (χ1v) is 9.66. The Labute approximate surface area is 167 Å². The summed E-state index contributed by atoms with van der Waals surface area (Å²) in [5, 5.41) is 18.4. The Kier molecular flexibility index (Phi) is 5.71. The van der Waals surface area contributed by atoms with Gasteiger partial charge >= 0.3 is 0 Å². The molecule has 2 heterocycles. The van der Waals surface area contributed by atoms with E-state index in [-0.39, 0.29) is 11.9 Å². The van der Waals surface area contributed by atoms with E-state index in [1.807, 2.05) is 31.3 Å². The zero-order valence-electron chi connectivity index (χ0n) is 13.6. The van der Waals surface area contributed by atoms with Gasteiger partial charge < -0.3 is 5.32 Å². The van der Waals surface area contributed by atoms with Gasteiger partial charge in [-0.3, -0.25) is 9.48 Å². The molecule has 0 aliphatic rings. The molecule has 0 fully saturated rings. The zero-order chi connectivity index (χ0) is 18.7. The van der Waals surface area contributed by atoms with Gasteiger partial charge in [0.15, 0.2) is 3.92 Å². The van der Waals surface area contributed by atoms with Crippen LogP contribution in [0.1, 0.15) is 23.0 Å². The molecule has 3 aromatic rings. The smallest absolute Gasteiger partial charge is 0.271 e. The van der Waals surface area contributed by atoms with E-state index in [9.17, 15) is 4.79 Å². The maximum absolute atomic E-state index is 12.1. The molecule has 1 aromatic carbocycles. The summed E-state index contributed by atoms with van der Waals surface area (Å²) in [6.45, 7) is 2.42. The third-order valence-corrected chi connectivity index (χ3v) is 5.25. The van der Waals surface area contributed by atoms with Crippen LogP contribution < -0.4 is 5.32 Å². The molecule has 1 amide bonds. The Hall–Kier alpha value is -2.21. The molecule has 0 saturated carbocycles. The number of thiazole rings is 1. The van der Waals surface area contributed by atoms with Gasteiger partial charge in [0, 0.05) is 23.2 Å². The molecule has 0 spiro atoms. The average Bonchev–Trinajstić information content (AvgIpc) is 3.24. The van der Waals surface area contributed by atoms with Gasteiger partial charge in [-0.1, -0.05) is 17.7 Å². The number of nitrogens with one attached hydrogen (secondary N) is 1. The second kappa shape index (κ2) is 7.99. The Balaban J connectivity index is 1.65. The van der Waals surface area contributed by atoms with Crippen molar-refractivity contribution in [1.82, 2.24) is 20.1 Å². The topological polar surface area (TPSA) is 83.6 Å². The number of rotatable bonds is 5. The number of aromatic nitrogens is 3. The lowest BCUT2D eigenvalue weighted by atomic mass is 10.1. The predicted molar refractivity (Wildman–Crippen MR) is 104 cm³/mol. The SMILES string of the molecule is C[C@H](Cn1ccc(-c2ccc(C#N)c(Cl)c2)n1)NC(=O)c1csc(Br)n1. The van der Waals surface area contributed by atoms with E-state index in [0.717, 1.165) is 11.3 Å². The fourth-order valence-corrected chi connectivity index (χ4v) is 3.58. The Morgan fingerprint density at radius 3 is 2.96 bits per heavy atom. The minimum Gasteiger partial charge on any atom is -0.346 e. The van der Waals surface area contributed by atoms with Crippen molar-refractivity contribution in [3.05, 3.63) is 56.0 Å². The highest BCUT2D eigenvalue weighted by Gasteiger charge is 2.14. The van der Waals surface area contributed by atoms with Gasteiger partial charge in [0.25, 0.3) is 5.91 Å². The van der Waals surface area contributed by atoms with Crippen LogP contribution in [0.2, 0.25) is 5.02 Å². The maximum Gasteiger partial charge on any atom is 0.271 e. The molecule has 132 valence electrons. The lowest BCUT2D eigenvalue weighted by molar-refractivity contribution is 0.0931. The molecule has 0 aliphatic carbocycles. The van der Waals surface area contributed by atoms with Gasteiger partial charge in [0.05, 0.1) is 22.8 Å². The van der Waals surface area contributed by atoms with Gasteiger partial charge in [-0.05, 0) is 41.1 Å². The highest BCUT2D eigenvalue weighted by atomic mass is 79.9. The van der Waals surface area contributed by atoms with Crippen LogP contribution in [0.5, 0.6) is 0 Å². The van der Waals surface area contributed by atoms with Crippen molar-refractivity contribution in [1.29, 1.82) is 5.26 Å². The molecular weight excluding hydrogens is 438 g/mol. The predicted octanol–water partition coefficient (Wildman–Crippen LogP) is 4.11. The summed E-state index contributed by atoms with van der Waals surface area (Å²) in [5.74, 6) is -0.217. The number of amides is 1. The van der Waals surface area contributed by atoms with Crippen LogP contribution in [0.25, 0.3) is 11.3 Å². The summed E-state index contributed by atoms with van der Waals surface area (Å²) >= 11 is 10.7. The van der Waals surface area contributed by atoms with Gasteiger partial charge in [0.2, 0.25) is 0 Å². The van der Waals surface area contributed by atoms with E-state index in [1.165, 1.54) is 11.3 Å². The molecule has 1 N–H and O–H groups in total. The lowest BCUT2D eigenvalue weighted by Gasteiger charge is -2.13. The molecule has 3 rings (SSSR count). The summed E-state index contributed by atoms with van der Waals surface area (Å²) in [7, 11) is 0. The number of carbonyl (C=O) groups is 1. The maximum atomic E-state index is 12.1. The molecule has 0 unspecified atom stereocenters. The summed E-state index contributed by atoms with van der Waals surface area (Å²) in [6.07, 6.45) is 1.84. The Bertz CT molecular complexity index is 993. The molecule has 0 radical (unpaired) electrons. The van der Waals surface area contributed by atoms with Crippen LogP contribution in [0.4, 0.5) is 0 Å². The van der Waals surface area contributed by atoms with Crippen molar-refractivity contribution >= 4 is 44.8 Å². The first kappa shape index (κ1) is 18.6. The molecular formula is C17H13BrClN5OS. The van der Waals surface area contributed by atoms with Gasteiger partial charge in [-0.25, -0.2) is 4.98 Å². The fourth-order valence-electron chi connectivity index (χ4n) is 2.36. The molecule has 2 aromatic heterocycles. The lowest BCUT2D eigenvalue weighted by Crippen LogP contribution is -2.36. The monoisotopic (exact) mass is 449 g/mol. The van der Waals surface area contributed by atoms with Gasteiger partial charge in [0.1, 0.15) is 11.8 Å². The first-order valence-electron chi connectivity index (χ1n) is 7.61. The molecule has 1 atom stereocenters. The second-order valence-corrected chi connectivity index (χ2v) is 8.13. The number of nitriles is 1. The second-order valence-electron chi connectivity index (χ2n) is 5.59. The number of nitrogens with zero attached hydrogens (tertiary/aromatic N) is 4. The quantitative estimate of drug-likeness (QED) is 0.634. The number of hydrogen-bond acceptors (Lipinski definition) is 5. The largest absolute Gasteiger partial charge is 0.346 e. The van der Waals surface area contributed by atoms with Crippen molar-refractivity contribution < 1.29 is 4.79 Å². The van der Waals surface area contributed by atoms with Gasteiger partial charge in [-0.15, -0.1) is 11.3 Å². The minimum absolute atomic E-state index is 0.125. The van der Waals surface area contributed by atoms with Crippen LogP contribution in [0, 0.1) is 11.3 Å². The van der Waals surface area contributed by atoms with E-state index < -0.39 is 0 Å². The van der Waals surface area contributed by atoms with Crippen molar-refractivity contribution in [3.63, 3.8) is 0 Å². The normalized spacial score (nSPS) is 11.8. The standard InChI is InChI=1S/C17H13BrClN5OS/c1-10(21-16(25)15-9-26-17(18)22-15)8-24-5-4-14(23-24)11-2-3-12(7-20)13(19)6-11/h2-6,9-10H,8H2,1H3,(H,21,25)/t10-/m1/s1. The third kappa shape index (κ3) is 4.30. The van der Waals surface area contributed by atoms with Crippen LogP contribution in [-0.4, -0.2) is 26.7 Å². The van der Waals surface area contributed by atoms with E-state index >= 15 is 0 Å². The molecule has 0 saturated heterocycles. The van der Waals surface area contributed by atoms with Crippen molar-refractivity contribution in [2.75, 3.05) is 0 Å². The van der Waals surface area contributed by atoms with Crippen molar-refractivity contribution in [2.45, 2.75) is 19.5 Å². The van der Waals surface area contributed by atoms with Gasteiger partial charge in [-0.2, -0.15) is 10.4 Å². The minimum atomic E-state index is -0.217. The summed E-state index contributed by atoms with van der Waals surface area (Å²) in [4.78, 5) is 16.2. The number of hydrogen-bond donors (Lipinski definition) is 1. The summed E-state index contributed by atoms with van der Waals surface area (Å²) < 4.78 is 2.43. The molecule has 26 heavy (non-hydrogen) atoms. The Morgan fingerprint density at radius 2 is 2.31 bits per heavy atom. The number of halogens is 2. The Morgan fingerprint density at radius 1 is 1.50 bits per heavy atom. The van der Waals surface area contributed by atoms with E-state index in [1.54, 1.807) is 22.2 Å². The van der Waals surface area contributed by atoms with E-state index in [0.29, 0.717) is 26.7 Å². The van der Waals surface area contributed by atoms with Crippen LogP contribution in [0.15, 0.2) is 39.8 Å². The third-order valence-electron chi connectivity index (χ3n) is 3.57. The molecule has 9 heteroatoms. The number of carbonyl (C=O) groups excluding carboxylic acids is 1. The average molecular weight is 451 g/mol. The van der Waals surface area contributed by atoms with E-state index in [4.69, 9.17) is 16.9 Å². The summed E-state index contributed by atoms with van der Waals surface area (Å²) in [5.41, 5.74) is 2.40. The van der Waals surface area contributed by atoms with Crippen molar-refractivity contribution in [3.8, 4) is 17.3 Å². The highest BCUT2D eigenvalue weighted by molar-refractivity contribution is 9.11. The van der Waals surface area contributed by atoms with E-state index in [2.05, 4.69) is 31.3 Å². The zero-order valence-corrected chi connectivity index (χ0v) is 16.8. The van der Waals surface area contributed by atoms with Crippen LogP contribution in [-0.2, 0) is 6.54 Å². The fraction of sp³-hybridized carbons (Fsp3) is 0.176. The van der Waals surface area contributed by atoms with Crippen LogP contribution in [0.3, 0.4) is 0 Å². The highest BCUT2D eigenvalue weighted by Crippen LogP contribution is 2.24. The first-order chi connectivity index (χ1) is 12.5. The molecule has 6 nitrogen and oxygen atoms in total. The van der Waals surface area contributed by atoms with Crippen LogP contribution >= 0.6 is 38.9 Å². The van der Waals surface area contributed by atoms with Crippen molar-refractivity contribution in [2.24, 2.45) is 0 Å².